The lowest BCUT2D eigenvalue weighted by molar-refractivity contribution is 0.982. The van der Waals surface area contributed by atoms with Crippen molar-refractivity contribution in [2.45, 2.75) is 6.42 Å². The smallest absolute Gasteiger partial charge is 0.119 e. The van der Waals surface area contributed by atoms with Crippen molar-refractivity contribution in [1.29, 1.82) is 0 Å². The molecule has 0 atom stereocenters. The van der Waals surface area contributed by atoms with Crippen molar-refractivity contribution in [1.82, 2.24) is 9.55 Å². The Hall–Kier alpha value is -1.87. The zero-order chi connectivity index (χ0) is 12.8. The Kier molecular flexibility index (Phi) is 2.35. The van der Waals surface area contributed by atoms with E-state index in [0.29, 0.717) is 0 Å². The number of rotatable bonds is 1. The molecule has 0 N–H and O–H groups in total. The van der Waals surface area contributed by atoms with Crippen molar-refractivity contribution < 1.29 is 0 Å². The minimum absolute atomic E-state index is 0.904. The molecule has 0 aliphatic carbocycles. The summed E-state index contributed by atoms with van der Waals surface area (Å²) in [6.07, 6.45) is 0.904. The molecular weight excluding hydrogens is 300 g/mol. The van der Waals surface area contributed by atoms with E-state index < -0.39 is 0 Å². The zero-order valence-corrected chi connectivity index (χ0v) is 11.8. The molecule has 2 aromatic carbocycles. The Morgan fingerprint density at radius 2 is 1.68 bits per heavy atom. The predicted molar refractivity (Wildman–Crippen MR) is 79.5 cm³/mol. The SMILES string of the molecule is Brc1c(-c2ccccc2)nc2n1-c1ccccc1C2. The standard InChI is InChI=1S/C16H11BrN2/c17-16-15(11-6-2-1-3-7-11)18-14-10-12-8-4-5-9-13(12)19(14)16/h1-9H,10H2. The highest BCUT2D eigenvalue weighted by Gasteiger charge is 2.24. The topological polar surface area (TPSA) is 17.8 Å². The largest absolute Gasteiger partial charge is 0.290 e. The van der Waals surface area contributed by atoms with Crippen molar-refractivity contribution in [2.75, 3.05) is 0 Å². The van der Waals surface area contributed by atoms with Crippen LogP contribution in [0.25, 0.3) is 16.9 Å². The second-order valence-corrected chi connectivity index (χ2v) is 5.43. The van der Waals surface area contributed by atoms with Crippen LogP contribution in [0.1, 0.15) is 11.4 Å². The number of imidazole rings is 1. The molecule has 0 fully saturated rings. The molecule has 0 unspecified atom stereocenters. The second kappa shape index (κ2) is 4.07. The van der Waals surface area contributed by atoms with Gasteiger partial charge < -0.3 is 0 Å². The Morgan fingerprint density at radius 3 is 2.53 bits per heavy atom. The first-order chi connectivity index (χ1) is 9.34. The van der Waals surface area contributed by atoms with Crippen molar-refractivity contribution in [3.63, 3.8) is 0 Å². The number of benzene rings is 2. The minimum atomic E-state index is 0.904. The van der Waals surface area contributed by atoms with Crippen LogP contribution in [0.5, 0.6) is 0 Å². The van der Waals surface area contributed by atoms with Gasteiger partial charge in [-0.05, 0) is 27.6 Å². The molecule has 0 saturated heterocycles. The summed E-state index contributed by atoms with van der Waals surface area (Å²) in [6, 6.07) is 18.8. The molecule has 1 aliphatic rings. The number of para-hydroxylation sites is 1. The first-order valence-electron chi connectivity index (χ1n) is 6.25. The van der Waals surface area contributed by atoms with Crippen LogP contribution in [0, 0.1) is 0 Å². The number of hydrogen-bond donors (Lipinski definition) is 0. The number of halogens is 1. The van der Waals surface area contributed by atoms with Gasteiger partial charge in [0.2, 0.25) is 0 Å². The zero-order valence-electron chi connectivity index (χ0n) is 10.2. The molecule has 2 nitrogen and oxygen atoms in total. The summed E-state index contributed by atoms with van der Waals surface area (Å²) in [7, 11) is 0. The average Bonchev–Trinajstić information content (AvgIpc) is 2.97. The molecule has 1 aromatic heterocycles. The van der Waals surface area contributed by atoms with Gasteiger partial charge in [-0.3, -0.25) is 4.57 Å². The van der Waals surface area contributed by atoms with Crippen molar-refractivity contribution >= 4 is 15.9 Å². The summed E-state index contributed by atoms with van der Waals surface area (Å²) in [4.78, 5) is 4.79. The maximum atomic E-state index is 4.79. The van der Waals surface area contributed by atoms with Gasteiger partial charge in [0.05, 0.1) is 5.69 Å². The lowest BCUT2D eigenvalue weighted by atomic mass is 10.1. The average molecular weight is 311 g/mol. The van der Waals surface area contributed by atoms with E-state index in [1.165, 1.54) is 11.3 Å². The van der Waals surface area contributed by atoms with E-state index in [4.69, 9.17) is 4.98 Å². The molecular formula is C16H11BrN2. The van der Waals surface area contributed by atoms with Gasteiger partial charge in [-0.2, -0.15) is 0 Å². The first-order valence-corrected chi connectivity index (χ1v) is 7.05. The summed E-state index contributed by atoms with van der Waals surface area (Å²) in [5.74, 6) is 1.10. The molecule has 92 valence electrons. The molecule has 19 heavy (non-hydrogen) atoms. The fourth-order valence-corrected chi connectivity index (χ4v) is 3.35. The van der Waals surface area contributed by atoms with E-state index in [1.54, 1.807) is 0 Å². The van der Waals surface area contributed by atoms with E-state index in [2.05, 4.69) is 56.9 Å². The molecule has 3 aromatic rings. The first kappa shape index (κ1) is 11.0. The highest BCUT2D eigenvalue weighted by Crippen LogP contribution is 2.36. The summed E-state index contributed by atoms with van der Waals surface area (Å²) >= 11 is 3.71. The van der Waals surface area contributed by atoms with Gasteiger partial charge in [-0.1, -0.05) is 48.5 Å². The molecule has 0 saturated carbocycles. The highest BCUT2D eigenvalue weighted by molar-refractivity contribution is 9.10. The molecule has 2 heterocycles. The number of fused-ring (bicyclic) bond motifs is 3. The van der Waals surface area contributed by atoms with Crippen LogP contribution in [0.4, 0.5) is 0 Å². The van der Waals surface area contributed by atoms with Gasteiger partial charge in [0, 0.05) is 12.0 Å². The summed E-state index contributed by atoms with van der Waals surface area (Å²) < 4.78 is 3.25. The highest BCUT2D eigenvalue weighted by atomic mass is 79.9. The number of nitrogens with zero attached hydrogens (tertiary/aromatic N) is 2. The monoisotopic (exact) mass is 310 g/mol. The van der Waals surface area contributed by atoms with Crippen molar-refractivity contribution in [3.05, 3.63) is 70.6 Å². The third-order valence-corrected chi connectivity index (χ3v) is 4.25. The van der Waals surface area contributed by atoms with Crippen LogP contribution in [0.2, 0.25) is 0 Å². The van der Waals surface area contributed by atoms with Gasteiger partial charge in [-0.25, -0.2) is 4.98 Å². The number of hydrogen-bond acceptors (Lipinski definition) is 1. The molecule has 1 aliphatic heterocycles. The van der Waals surface area contributed by atoms with Gasteiger partial charge in [0.25, 0.3) is 0 Å². The minimum Gasteiger partial charge on any atom is -0.290 e. The van der Waals surface area contributed by atoms with E-state index in [-0.39, 0.29) is 0 Å². The Morgan fingerprint density at radius 1 is 0.947 bits per heavy atom. The second-order valence-electron chi connectivity index (χ2n) is 4.67. The number of aromatic nitrogens is 2. The van der Waals surface area contributed by atoms with E-state index >= 15 is 0 Å². The molecule has 3 heteroatoms. The molecule has 4 rings (SSSR count). The van der Waals surface area contributed by atoms with E-state index in [1.807, 2.05) is 18.2 Å². The Balaban J connectivity index is 1.94. The quantitative estimate of drug-likeness (QED) is 0.515. The molecule has 0 radical (unpaired) electrons. The summed E-state index contributed by atoms with van der Waals surface area (Å²) in [6.45, 7) is 0. The molecule has 0 amide bonds. The fourth-order valence-electron chi connectivity index (χ4n) is 2.64. The van der Waals surface area contributed by atoms with Gasteiger partial charge in [-0.15, -0.1) is 0 Å². The van der Waals surface area contributed by atoms with Gasteiger partial charge in [0.15, 0.2) is 0 Å². The predicted octanol–water partition coefficient (Wildman–Crippen LogP) is 4.21. The fraction of sp³-hybridized carbons (Fsp3) is 0.0625. The molecule has 0 bridgehead atoms. The third kappa shape index (κ3) is 1.58. The van der Waals surface area contributed by atoms with Gasteiger partial charge >= 0.3 is 0 Å². The van der Waals surface area contributed by atoms with Gasteiger partial charge in [0.1, 0.15) is 16.1 Å². The van der Waals surface area contributed by atoms with Crippen molar-refractivity contribution in [3.8, 4) is 16.9 Å². The van der Waals surface area contributed by atoms with Crippen LogP contribution in [-0.4, -0.2) is 9.55 Å². The summed E-state index contributed by atoms with van der Waals surface area (Å²) in [5.41, 5.74) is 4.74. The summed E-state index contributed by atoms with van der Waals surface area (Å²) in [5, 5.41) is 0. The Labute approximate surface area is 119 Å². The third-order valence-electron chi connectivity index (χ3n) is 3.52. The van der Waals surface area contributed by atoms with Crippen LogP contribution in [-0.2, 0) is 6.42 Å². The van der Waals surface area contributed by atoms with E-state index in [0.717, 1.165) is 28.1 Å². The molecule has 0 spiro atoms. The van der Waals surface area contributed by atoms with Crippen molar-refractivity contribution in [2.24, 2.45) is 0 Å². The van der Waals surface area contributed by atoms with Crippen LogP contribution in [0.3, 0.4) is 0 Å². The lowest BCUT2D eigenvalue weighted by Gasteiger charge is -2.04. The van der Waals surface area contributed by atoms with Crippen LogP contribution < -0.4 is 0 Å². The van der Waals surface area contributed by atoms with Crippen LogP contribution >= 0.6 is 15.9 Å². The maximum Gasteiger partial charge on any atom is 0.119 e. The Bertz CT molecular complexity index is 760. The van der Waals surface area contributed by atoms with Crippen LogP contribution in [0.15, 0.2) is 59.2 Å². The maximum absolute atomic E-state index is 4.79. The lowest BCUT2D eigenvalue weighted by Crippen LogP contribution is -1.91. The normalized spacial score (nSPS) is 12.3. The van der Waals surface area contributed by atoms with E-state index in [9.17, 15) is 0 Å².